The minimum absolute atomic E-state index is 0.269. The molecule has 1 aromatic carbocycles. The van der Waals surface area contributed by atoms with Crippen molar-refractivity contribution < 1.29 is 19.0 Å². The van der Waals surface area contributed by atoms with Crippen LogP contribution in [0.3, 0.4) is 0 Å². The summed E-state index contributed by atoms with van der Waals surface area (Å²) >= 11 is 1.49. The van der Waals surface area contributed by atoms with Crippen molar-refractivity contribution in [1.29, 1.82) is 0 Å². The Bertz CT molecular complexity index is 923. The van der Waals surface area contributed by atoms with Crippen LogP contribution < -0.4 is 9.47 Å². The summed E-state index contributed by atoms with van der Waals surface area (Å²) < 4.78 is 15.6. The van der Waals surface area contributed by atoms with Crippen LogP contribution >= 0.6 is 11.3 Å². The van der Waals surface area contributed by atoms with Gasteiger partial charge >= 0.3 is 5.97 Å². The van der Waals surface area contributed by atoms with Gasteiger partial charge in [0.25, 0.3) is 0 Å². The number of esters is 1. The molecule has 134 valence electrons. The Labute approximate surface area is 155 Å². The molecule has 2 heterocycles. The van der Waals surface area contributed by atoms with Gasteiger partial charge in [0.1, 0.15) is 16.4 Å². The van der Waals surface area contributed by atoms with E-state index in [-0.39, 0.29) is 5.69 Å². The molecule has 0 amide bonds. The van der Waals surface area contributed by atoms with Gasteiger partial charge in [0, 0.05) is 10.9 Å². The van der Waals surface area contributed by atoms with E-state index in [1.807, 2.05) is 29.6 Å². The van der Waals surface area contributed by atoms with Crippen molar-refractivity contribution in [3.63, 3.8) is 0 Å². The van der Waals surface area contributed by atoms with Crippen molar-refractivity contribution in [1.82, 2.24) is 9.97 Å². The minimum Gasteiger partial charge on any atom is -0.493 e. The summed E-state index contributed by atoms with van der Waals surface area (Å²) in [5.74, 6) is 0.866. The summed E-state index contributed by atoms with van der Waals surface area (Å²) in [5.41, 5.74) is 2.51. The maximum absolute atomic E-state index is 11.9. The number of methoxy groups -OCH3 is 2. The maximum atomic E-state index is 11.9. The highest BCUT2D eigenvalue weighted by Gasteiger charge is 2.13. The van der Waals surface area contributed by atoms with Gasteiger partial charge in [0.15, 0.2) is 11.5 Å². The van der Waals surface area contributed by atoms with Crippen molar-refractivity contribution in [2.75, 3.05) is 20.8 Å². The first kappa shape index (κ1) is 17.9. The number of carbonyl (C=O) groups is 1. The molecule has 0 bridgehead atoms. The quantitative estimate of drug-likeness (QED) is 0.609. The number of thiazole rings is 1. The molecule has 3 aromatic rings. The fraction of sp³-hybridized carbons (Fsp3) is 0.211. The average Bonchev–Trinajstić information content (AvgIpc) is 3.18. The molecule has 0 saturated heterocycles. The molecule has 0 saturated carbocycles. The number of nitrogens with zero attached hydrogens (tertiary/aromatic N) is 2. The lowest BCUT2D eigenvalue weighted by Crippen LogP contribution is -2.07. The normalized spacial score (nSPS) is 10.4. The molecule has 0 fully saturated rings. The van der Waals surface area contributed by atoms with Crippen LogP contribution in [0.15, 0.2) is 41.8 Å². The zero-order chi connectivity index (χ0) is 18.5. The Balaban J connectivity index is 1.91. The van der Waals surface area contributed by atoms with Crippen LogP contribution in [0.2, 0.25) is 0 Å². The van der Waals surface area contributed by atoms with E-state index in [2.05, 4.69) is 9.97 Å². The minimum atomic E-state index is -0.440. The van der Waals surface area contributed by atoms with Crippen molar-refractivity contribution in [3.05, 3.63) is 47.5 Å². The van der Waals surface area contributed by atoms with E-state index >= 15 is 0 Å². The highest BCUT2D eigenvalue weighted by Crippen LogP contribution is 2.34. The molecule has 0 aliphatic heterocycles. The van der Waals surface area contributed by atoms with Crippen LogP contribution in [0.25, 0.3) is 22.0 Å². The Morgan fingerprint density at radius 1 is 1.04 bits per heavy atom. The molecule has 0 unspecified atom stereocenters. The summed E-state index contributed by atoms with van der Waals surface area (Å²) in [7, 11) is 3.20. The number of ether oxygens (including phenoxy) is 3. The second kappa shape index (κ2) is 7.97. The van der Waals surface area contributed by atoms with Gasteiger partial charge < -0.3 is 14.2 Å². The zero-order valence-corrected chi connectivity index (χ0v) is 15.5. The van der Waals surface area contributed by atoms with Crippen LogP contribution in [0.1, 0.15) is 17.4 Å². The van der Waals surface area contributed by atoms with Crippen LogP contribution in [0.4, 0.5) is 0 Å². The Hall–Kier alpha value is -2.93. The van der Waals surface area contributed by atoms with E-state index in [9.17, 15) is 4.79 Å². The first-order chi connectivity index (χ1) is 12.7. The topological polar surface area (TPSA) is 70.5 Å². The highest BCUT2D eigenvalue weighted by atomic mass is 32.1. The van der Waals surface area contributed by atoms with Crippen LogP contribution in [0.5, 0.6) is 11.5 Å². The number of pyridine rings is 1. The van der Waals surface area contributed by atoms with E-state index in [4.69, 9.17) is 14.2 Å². The lowest BCUT2D eigenvalue weighted by Gasteiger charge is -2.08. The molecule has 0 radical (unpaired) electrons. The molecule has 2 aromatic heterocycles. The van der Waals surface area contributed by atoms with Gasteiger partial charge in [-0.15, -0.1) is 11.3 Å². The first-order valence-electron chi connectivity index (χ1n) is 7.98. The summed E-state index contributed by atoms with van der Waals surface area (Å²) in [6, 6.07) is 10.9. The molecule has 26 heavy (non-hydrogen) atoms. The molecule has 7 heteroatoms. The summed E-state index contributed by atoms with van der Waals surface area (Å²) in [5, 5.41) is 2.73. The van der Waals surface area contributed by atoms with Crippen LogP contribution in [-0.4, -0.2) is 36.8 Å². The third-order valence-corrected chi connectivity index (χ3v) is 4.52. The van der Waals surface area contributed by atoms with Gasteiger partial charge in [-0.05, 0) is 37.3 Å². The third kappa shape index (κ3) is 3.67. The molecular weight excluding hydrogens is 352 g/mol. The number of benzene rings is 1. The zero-order valence-electron chi connectivity index (χ0n) is 14.7. The molecule has 0 aliphatic carbocycles. The molecule has 6 nitrogen and oxygen atoms in total. The largest absolute Gasteiger partial charge is 0.493 e. The predicted molar refractivity (Wildman–Crippen MR) is 99.8 cm³/mol. The van der Waals surface area contributed by atoms with E-state index < -0.39 is 5.97 Å². The lowest BCUT2D eigenvalue weighted by atomic mass is 10.2. The van der Waals surface area contributed by atoms with Crippen LogP contribution in [0, 0.1) is 0 Å². The Morgan fingerprint density at radius 2 is 1.85 bits per heavy atom. The van der Waals surface area contributed by atoms with Crippen LogP contribution in [-0.2, 0) is 4.74 Å². The molecule has 0 N–H and O–H groups in total. The number of aromatic nitrogens is 2. The number of rotatable bonds is 6. The van der Waals surface area contributed by atoms with Gasteiger partial charge in [-0.25, -0.2) is 14.8 Å². The molecule has 0 atom stereocenters. The fourth-order valence-electron chi connectivity index (χ4n) is 2.39. The fourth-order valence-corrected chi connectivity index (χ4v) is 3.20. The van der Waals surface area contributed by atoms with E-state index in [0.717, 1.165) is 10.6 Å². The van der Waals surface area contributed by atoms with Gasteiger partial charge in [0.2, 0.25) is 0 Å². The van der Waals surface area contributed by atoms with Gasteiger partial charge in [0.05, 0.1) is 26.5 Å². The SMILES string of the molecule is CCOC(=O)c1cccc(-c2csc(-c3ccc(OC)c(OC)c3)n2)n1. The Kier molecular flexibility index (Phi) is 5.48. The smallest absolute Gasteiger partial charge is 0.356 e. The first-order valence-corrected chi connectivity index (χ1v) is 8.86. The summed E-state index contributed by atoms with van der Waals surface area (Å²) in [4.78, 5) is 20.8. The second-order valence-corrected chi connectivity index (χ2v) is 6.09. The van der Waals surface area contributed by atoms with Crippen molar-refractivity contribution in [2.24, 2.45) is 0 Å². The molecule has 3 rings (SSSR count). The van der Waals surface area contributed by atoms with Crippen molar-refractivity contribution in [2.45, 2.75) is 6.92 Å². The van der Waals surface area contributed by atoms with E-state index in [1.165, 1.54) is 11.3 Å². The van der Waals surface area contributed by atoms with Gasteiger partial charge in [-0.3, -0.25) is 0 Å². The summed E-state index contributed by atoms with van der Waals surface area (Å²) in [6.45, 7) is 2.07. The Morgan fingerprint density at radius 3 is 2.58 bits per heavy atom. The number of hydrogen-bond donors (Lipinski definition) is 0. The van der Waals surface area contributed by atoms with Crippen molar-refractivity contribution >= 4 is 17.3 Å². The van der Waals surface area contributed by atoms with Crippen molar-refractivity contribution in [3.8, 4) is 33.5 Å². The molecule has 0 spiro atoms. The highest BCUT2D eigenvalue weighted by molar-refractivity contribution is 7.13. The standard InChI is InChI=1S/C19H18N2O4S/c1-4-25-19(22)14-7-5-6-13(20-14)15-11-26-18(21-15)12-8-9-16(23-2)17(10-12)24-3/h5-11H,4H2,1-3H3. The monoisotopic (exact) mass is 370 g/mol. The molecule has 0 aliphatic rings. The second-order valence-electron chi connectivity index (χ2n) is 5.24. The third-order valence-electron chi connectivity index (χ3n) is 3.63. The number of carbonyl (C=O) groups excluding carboxylic acids is 1. The summed E-state index contributed by atoms with van der Waals surface area (Å²) in [6.07, 6.45) is 0. The average molecular weight is 370 g/mol. The van der Waals surface area contributed by atoms with E-state index in [0.29, 0.717) is 29.5 Å². The lowest BCUT2D eigenvalue weighted by molar-refractivity contribution is 0.0519. The maximum Gasteiger partial charge on any atom is 0.356 e. The van der Waals surface area contributed by atoms with E-state index in [1.54, 1.807) is 33.3 Å². The molecular formula is C19H18N2O4S. The predicted octanol–water partition coefficient (Wildman–Crippen LogP) is 4.07. The van der Waals surface area contributed by atoms with Gasteiger partial charge in [-0.1, -0.05) is 6.07 Å². The van der Waals surface area contributed by atoms with Gasteiger partial charge in [-0.2, -0.15) is 0 Å². The number of hydrogen-bond acceptors (Lipinski definition) is 7.